The lowest BCUT2D eigenvalue weighted by Crippen LogP contribution is -2.32. The Morgan fingerprint density at radius 3 is 2.74 bits per heavy atom. The zero-order valence-electron chi connectivity index (χ0n) is 12.7. The first-order valence-electron chi connectivity index (χ1n) is 7.19. The summed E-state index contributed by atoms with van der Waals surface area (Å²) in [6.45, 7) is 0. The maximum Gasteiger partial charge on any atom is 0.258 e. The Morgan fingerprint density at radius 2 is 2.17 bits per heavy atom. The average Bonchev–Trinajstić information content (AvgIpc) is 3.29. The molecule has 1 amide bonds. The maximum absolute atomic E-state index is 14.0. The number of hydrogen-bond acceptors (Lipinski definition) is 4. The molecule has 1 aliphatic carbocycles. The molecule has 1 aromatic carbocycles. The summed E-state index contributed by atoms with van der Waals surface area (Å²) < 4.78 is 34.0. The molecule has 1 heterocycles. The van der Waals surface area contributed by atoms with Crippen LogP contribution in [-0.2, 0) is 7.05 Å². The van der Waals surface area contributed by atoms with Gasteiger partial charge in [0.15, 0.2) is 11.6 Å². The zero-order valence-corrected chi connectivity index (χ0v) is 12.7. The summed E-state index contributed by atoms with van der Waals surface area (Å²) in [6, 6.07) is 1.75. The minimum Gasteiger partial charge on any atom is -0.496 e. The summed E-state index contributed by atoms with van der Waals surface area (Å²) in [5, 5.41) is 6.72. The van der Waals surface area contributed by atoms with Gasteiger partial charge in [-0.15, -0.1) is 0 Å². The van der Waals surface area contributed by atoms with Gasteiger partial charge in [-0.25, -0.2) is 13.8 Å². The van der Waals surface area contributed by atoms with E-state index in [0.29, 0.717) is 5.82 Å². The third-order valence-electron chi connectivity index (χ3n) is 3.91. The van der Waals surface area contributed by atoms with Gasteiger partial charge in [0.2, 0.25) is 0 Å². The number of methoxy groups -OCH3 is 1. The van der Waals surface area contributed by atoms with Gasteiger partial charge in [0.25, 0.3) is 5.91 Å². The summed E-state index contributed by atoms with van der Waals surface area (Å²) in [6.07, 6.45) is 3.25. The number of aryl methyl sites for hydroxylation is 1. The number of benzene rings is 1. The van der Waals surface area contributed by atoms with Gasteiger partial charge in [0, 0.05) is 7.05 Å². The van der Waals surface area contributed by atoms with Crippen molar-refractivity contribution in [3.63, 3.8) is 0 Å². The highest BCUT2D eigenvalue weighted by Crippen LogP contribution is 2.40. The van der Waals surface area contributed by atoms with Crippen LogP contribution in [-0.4, -0.2) is 27.8 Å². The molecule has 0 saturated heterocycles. The maximum atomic E-state index is 14.0. The Morgan fingerprint density at radius 1 is 1.43 bits per heavy atom. The van der Waals surface area contributed by atoms with Crippen LogP contribution < -0.4 is 10.1 Å². The number of carbonyl (C=O) groups excluding carboxylic acids is 1. The average molecular weight is 322 g/mol. The Balaban J connectivity index is 1.92. The SMILES string of the molecule is COc1ccc(F)c(F)c1C(=O)N[C@@H](c1ncnn1C)C1CC1. The third-order valence-corrected chi connectivity index (χ3v) is 3.91. The molecule has 6 nitrogen and oxygen atoms in total. The van der Waals surface area contributed by atoms with Crippen LogP contribution in [0.1, 0.15) is 35.1 Å². The molecule has 8 heteroatoms. The van der Waals surface area contributed by atoms with Gasteiger partial charge in [-0.05, 0) is 30.9 Å². The van der Waals surface area contributed by atoms with Crippen molar-refractivity contribution in [3.05, 3.63) is 41.5 Å². The highest BCUT2D eigenvalue weighted by molar-refractivity contribution is 5.97. The van der Waals surface area contributed by atoms with Crippen LogP contribution in [0.15, 0.2) is 18.5 Å². The van der Waals surface area contributed by atoms with Crippen LogP contribution in [0.5, 0.6) is 5.75 Å². The smallest absolute Gasteiger partial charge is 0.258 e. The van der Waals surface area contributed by atoms with Crippen LogP contribution >= 0.6 is 0 Å². The number of halogens is 2. The van der Waals surface area contributed by atoms with Crippen molar-refractivity contribution in [1.29, 1.82) is 0 Å². The molecule has 1 N–H and O–H groups in total. The van der Waals surface area contributed by atoms with E-state index in [9.17, 15) is 13.6 Å². The molecule has 0 radical (unpaired) electrons. The van der Waals surface area contributed by atoms with Crippen molar-refractivity contribution < 1.29 is 18.3 Å². The molecule has 0 spiro atoms. The van der Waals surface area contributed by atoms with Crippen molar-refractivity contribution in [2.75, 3.05) is 7.11 Å². The first-order chi connectivity index (χ1) is 11.0. The molecule has 0 bridgehead atoms. The van der Waals surface area contributed by atoms with Crippen LogP contribution in [0.4, 0.5) is 8.78 Å². The molecule has 23 heavy (non-hydrogen) atoms. The molecule has 122 valence electrons. The quantitative estimate of drug-likeness (QED) is 0.914. The van der Waals surface area contributed by atoms with Crippen molar-refractivity contribution in [2.45, 2.75) is 18.9 Å². The first kappa shape index (κ1) is 15.4. The van der Waals surface area contributed by atoms with Crippen LogP contribution in [0.2, 0.25) is 0 Å². The highest BCUT2D eigenvalue weighted by atomic mass is 19.2. The number of rotatable bonds is 5. The van der Waals surface area contributed by atoms with Gasteiger partial charge in [-0.2, -0.15) is 5.10 Å². The van der Waals surface area contributed by atoms with Crippen LogP contribution in [0.25, 0.3) is 0 Å². The number of nitrogens with zero attached hydrogens (tertiary/aromatic N) is 3. The predicted molar refractivity (Wildman–Crippen MR) is 76.8 cm³/mol. The van der Waals surface area contributed by atoms with E-state index in [4.69, 9.17) is 4.74 Å². The fraction of sp³-hybridized carbons (Fsp3) is 0.400. The second-order valence-corrected chi connectivity index (χ2v) is 5.47. The Kier molecular flexibility index (Phi) is 3.97. The number of carbonyl (C=O) groups is 1. The van der Waals surface area contributed by atoms with Crippen LogP contribution in [0, 0.1) is 17.6 Å². The second kappa shape index (κ2) is 5.94. The molecular weight excluding hydrogens is 306 g/mol. The van der Waals surface area contributed by atoms with Crippen molar-refractivity contribution in [2.24, 2.45) is 13.0 Å². The second-order valence-electron chi connectivity index (χ2n) is 5.47. The predicted octanol–water partition coefficient (Wildman–Crippen LogP) is 1.98. The topological polar surface area (TPSA) is 69.0 Å². The minimum absolute atomic E-state index is 0.0195. The normalized spacial score (nSPS) is 15.3. The monoisotopic (exact) mass is 322 g/mol. The number of hydrogen-bond donors (Lipinski definition) is 1. The van der Waals surface area contributed by atoms with E-state index in [2.05, 4.69) is 15.4 Å². The summed E-state index contributed by atoms with van der Waals surface area (Å²) in [7, 11) is 3.01. The Hall–Kier alpha value is -2.51. The summed E-state index contributed by atoms with van der Waals surface area (Å²) >= 11 is 0. The highest BCUT2D eigenvalue weighted by Gasteiger charge is 2.37. The van der Waals surface area contributed by atoms with Crippen LogP contribution in [0.3, 0.4) is 0 Å². The van der Waals surface area contributed by atoms with Crippen molar-refractivity contribution in [3.8, 4) is 5.75 Å². The summed E-state index contributed by atoms with van der Waals surface area (Å²) in [5.41, 5.74) is -0.444. The lowest BCUT2D eigenvalue weighted by atomic mass is 10.1. The molecule has 1 atom stereocenters. The lowest BCUT2D eigenvalue weighted by molar-refractivity contribution is 0.0920. The van der Waals surface area contributed by atoms with Gasteiger partial charge in [-0.3, -0.25) is 9.48 Å². The fourth-order valence-corrected chi connectivity index (χ4v) is 2.54. The number of aromatic nitrogens is 3. The Labute approximate surface area is 131 Å². The zero-order chi connectivity index (χ0) is 16.6. The van der Waals surface area contributed by atoms with Gasteiger partial charge in [0.1, 0.15) is 23.5 Å². The van der Waals surface area contributed by atoms with Gasteiger partial charge < -0.3 is 10.1 Å². The first-order valence-corrected chi connectivity index (χ1v) is 7.19. The van der Waals surface area contributed by atoms with E-state index in [-0.39, 0.29) is 11.7 Å². The number of ether oxygens (including phenoxy) is 1. The van der Waals surface area contributed by atoms with Gasteiger partial charge >= 0.3 is 0 Å². The van der Waals surface area contributed by atoms with Gasteiger partial charge in [0.05, 0.1) is 13.2 Å². The molecule has 3 rings (SSSR count). The summed E-state index contributed by atoms with van der Waals surface area (Å²) in [4.78, 5) is 16.6. The van der Waals surface area contributed by atoms with Gasteiger partial charge in [-0.1, -0.05) is 0 Å². The van der Waals surface area contributed by atoms with E-state index in [1.807, 2.05) is 0 Å². The van der Waals surface area contributed by atoms with Crippen molar-refractivity contribution >= 4 is 5.91 Å². The minimum atomic E-state index is -1.23. The standard InChI is InChI=1S/C15H16F2N4O2/c1-21-14(18-7-19-21)13(8-3-4-8)20-15(22)11-10(23-2)6-5-9(16)12(11)17/h5-8,13H,3-4H2,1-2H3,(H,20,22)/t13-/m1/s1. The number of nitrogens with one attached hydrogen (secondary N) is 1. The lowest BCUT2D eigenvalue weighted by Gasteiger charge is -2.18. The third kappa shape index (κ3) is 2.88. The molecule has 0 aliphatic heterocycles. The molecule has 2 aromatic rings. The molecule has 1 aromatic heterocycles. The molecule has 1 fully saturated rings. The van der Waals surface area contributed by atoms with E-state index < -0.39 is 29.1 Å². The van der Waals surface area contributed by atoms with Crippen molar-refractivity contribution in [1.82, 2.24) is 20.1 Å². The van der Waals surface area contributed by atoms with E-state index in [0.717, 1.165) is 18.9 Å². The Bertz CT molecular complexity index is 743. The van der Waals surface area contributed by atoms with E-state index in [1.165, 1.54) is 19.5 Å². The van der Waals surface area contributed by atoms with E-state index >= 15 is 0 Å². The molecular formula is C15H16F2N4O2. The fourth-order valence-electron chi connectivity index (χ4n) is 2.54. The summed E-state index contributed by atoms with van der Waals surface area (Å²) in [5.74, 6) is -2.29. The number of amides is 1. The van der Waals surface area contributed by atoms with E-state index in [1.54, 1.807) is 11.7 Å². The molecule has 0 unspecified atom stereocenters. The largest absolute Gasteiger partial charge is 0.496 e. The molecule has 1 aliphatic rings. The molecule has 1 saturated carbocycles.